The lowest BCUT2D eigenvalue weighted by atomic mass is 10.1. The third kappa shape index (κ3) is 2.58. The third-order valence-corrected chi connectivity index (χ3v) is 2.77. The summed E-state index contributed by atoms with van der Waals surface area (Å²) in [6.07, 6.45) is 0. The highest BCUT2D eigenvalue weighted by Crippen LogP contribution is 2.21. The molecule has 3 heteroatoms. The molecule has 0 aromatic heterocycles. The zero-order chi connectivity index (χ0) is 9.68. The molecule has 1 aromatic rings. The molecule has 1 rings (SSSR count). The van der Waals surface area contributed by atoms with Crippen molar-refractivity contribution in [2.24, 2.45) is 0 Å². The minimum Gasteiger partial charge on any atom is -0.192 e. The van der Waals surface area contributed by atoms with E-state index in [1.54, 1.807) is 0 Å². The van der Waals surface area contributed by atoms with Gasteiger partial charge in [0.25, 0.3) is 0 Å². The van der Waals surface area contributed by atoms with Crippen molar-refractivity contribution in [1.29, 1.82) is 5.26 Å². The summed E-state index contributed by atoms with van der Waals surface area (Å²) in [5.41, 5.74) is 1.38. The summed E-state index contributed by atoms with van der Waals surface area (Å²) in [7, 11) is 0. The van der Waals surface area contributed by atoms with Gasteiger partial charge in [-0.15, -0.1) is 0 Å². The van der Waals surface area contributed by atoms with Gasteiger partial charge in [-0.2, -0.15) is 5.26 Å². The summed E-state index contributed by atoms with van der Waals surface area (Å²) >= 11 is 9.09. The minimum atomic E-state index is 0.506. The van der Waals surface area contributed by atoms with E-state index in [-0.39, 0.29) is 0 Å². The standard InChI is InChI=1S/C10H7BrClN/c11-6-10(12)9(7-13)8-4-2-1-3-5-8/h1-5H,6H2/b10-9-. The Morgan fingerprint density at radius 1 is 1.38 bits per heavy atom. The lowest BCUT2D eigenvalue weighted by Crippen LogP contribution is -1.85. The number of benzene rings is 1. The molecule has 0 fully saturated rings. The van der Waals surface area contributed by atoms with E-state index in [4.69, 9.17) is 16.9 Å². The van der Waals surface area contributed by atoms with Crippen molar-refractivity contribution < 1.29 is 0 Å². The number of hydrogen-bond donors (Lipinski definition) is 0. The van der Waals surface area contributed by atoms with E-state index in [2.05, 4.69) is 22.0 Å². The molecule has 0 N–H and O–H groups in total. The number of nitriles is 1. The van der Waals surface area contributed by atoms with E-state index in [1.165, 1.54) is 0 Å². The molecule has 0 aliphatic carbocycles. The average Bonchev–Trinajstić information content (AvgIpc) is 2.20. The van der Waals surface area contributed by atoms with Crippen LogP contribution in [0.3, 0.4) is 0 Å². The van der Waals surface area contributed by atoms with Gasteiger partial charge in [0.15, 0.2) is 0 Å². The highest BCUT2D eigenvalue weighted by molar-refractivity contribution is 9.09. The van der Waals surface area contributed by atoms with E-state index in [0.717, 1.165) is 5.56 Å². The van der Waals surface area contributed by atoms with Gasteiger partial charge in [0.05, 0.1) is 5.57 Å². The van der Waals surface area contributed by atoms with Crippen molar-refractivity contribution in [3.8, 4) is 6.07 Å². The van der Waals surface area contributed by atoms with Crippen LogP contribution in [-0.2, 0) is 0 Å². The molecule has 13 heavy (non-hydrogen) atoms. The zero-order valence-electron chi connectivity index (χ0n) is 6.80. The first-order valence-corrected chi connectivity index (χ1v) is 5.19. The van der Waals surface area contributed by atoms with Crippen LogP contribution in [0.4, 0.5) is 0 Å². The summed E-state index contributed by atoms with van der Waals surface area (Å²) in [4.78, 5) is 0. The molecule has 1 nitrogen and oxygen atoms in total. The summed E-state index contributed by atoms with van der Waals surface area (Å²) < 4.78 is 0. The van der Waals surface area contributed by atoms with E-state index in [9.17, 15) is 0 Å². The van der Waals surface area contributed by atoms with Crippen LogP contribution >= 0.6 is 27.5 Å². The summed E-state index contributed by atoms with van der Waals surface area (Å²) in [5, 5.41) is 9.91. The van der Waals surface area contributed by atoms with Gasteiger partial charge in [-0.05, 0) is 5.56 Å². The van der Waals surface area contributed by atoms with Crippen LogP contribution in [0.5, 0.6) is 0 Å². The number of alkyl halides is 1. The normalized spacial score (nSPS) is 11.8. The van der Waals surface area contributed by atoms with E-state index in [1.807, 2.05) is 30.3 Å². The maximum atomic E-state index is 8.87. The van der Waals surface area contributed by atoms with Crippen molar-refractivity contribution in [1.82, 2.24) is 0 Å². The molecule has 0 spiro atoms. The van der Waals surface area contributed by atoms with Crippen LogP contribution in [0.2, 0.25) is 0 Å². The van der Waals surface area contributed by atoms with Gasteiger partial charge >= 0.3 is 0 Å². The van der Waals surface area contributed by atoms with Crippen LogP contribution < -0.4 is 0 Å². The van der Waals surface area contributed by atoms with Crippen molar-refractivity contribution >= 4 is 33.1 Å². The molecule has 66 valence electrons. The summed E-state index contributed by atoms with van der Waals surface area (Å²) in [5.74, 6) is 0. The van der Waals surface area contributed by atoms with Crippen molar-refractivity contribution in [3.63, 3.8) is 0 Å². The molecule has 0 aliphatic rings. The predicted molar refractivity (Wildman–Crippen MR) is 58.6 cm³/mol. The third-order valence-electron chi connectivity index (χ3n) is 1.56. The Morgan fingerprint density at radius 2 is 2.00 bits per heavy atom. The van der Waals surface area contributed by atoms with E-state index >= 15 is 0 Å². The molecular formula is C10H7BrClN. The summed E-state index contributed by atoms with van der Waals surface area (Å²) in [6, 6.07) is 11.5. The predicted octanol–water partition coefficient (Wildman–Crippen LogP) is 3.55. The molecule has 0 bridgehead atoms. The SMILES string of the molecule is N#C/C(=C(/Cl)CBr)c1ccccc1. The second-order valence-electron chi connectivity index (χ2n) is 2.39. The first kappa shape index (κ1) is 10.3. The number of hydrogen-bond acceptors (Lipinski definition) is 1. The van der Waals surface area contributed by atoms with Crippen LogP contribution in [0.15, 0.2) is 35.4 Å². The van der Waals surface area contributed by atoms with Gasteiger partial charge in [0.2, 0.25) is 0 Å². The van der Waals surface area contributed by atoms with Crippen molar-refractivity contribution in [2.75, 3.05) is 5.33 Å². The topological polar surface area (TPSA) is 23.8 Å². The van der Waals surface area contributed by atoms with Gasteiger partial charge in [-0.25, -0.2) is 0 Å². The largest absolute Gasteiger partial charge is 0.192 e. The first-order chi connectivity index (χ1) is 6.29. The smallest absolute Gasteiger partial charge is 0.101 e. The maximum absolute atomic E-state index is 8.87. The first-order valence-electron chi connectivity index (χ1n) is 3.69. The van der Waals surface area contributed by atoms with Crippen LogP contribution in [0.1, 0.15) is 5.56 Å². The second kappa shape index (κ2) is 5.06. The van der Waals surface area contributed by atoms with Crippen molar-refractivity contribution in [3.05, 3.63) is 40.9 Å². The maximum Gasteiger partial charge on any atom is 0.101 e. The highest BCUT2D eigenvalue weighted by Gasteiger charge is 2.04. The molecule has 0 radical (unpaired) electrons. The Bertz CT molecular complexity index is 351. The average molecular weight is 257 g/mol. The Morgan fingerprint density at radius 3 is 2.46 bits per heavy atom. The lowest BCUT2D eigenvalue weighted by molar-refractivity contribution is 1.51. The zero-order valence-corrected chi connectivity index (χ0v) is 9.14. The fraction of sp³-hybridized carbons (Fsp3) is 0.100. The second-order valence-corrected chi connectivity index (χ2v) is 3.41. The van der Waals surface area contributed by atoms with E-state index in [0.29, 0.717) is 15.9 Å². The molecular weight excluding hydrogens is 249 g/mol. The molecule has 0 saturated carbocycles. The molecule has 0 aliphatic heterocycles. The van der Waals surface area contributed by atoms with Gasteiger partial charge in [-0.1, -0.05) is 57.9 Å². The van der Waals surface area contributed by atoms with Crippen LogP contribution in [0.25, 0.3) is 5.57 Å². The Balaban J connectivity index is 3.15. The molecule has 0 unspecified atom stereocenters. The van der Waals surface area contributed by atoms with Gasteiger partial charge < -0.3 is 0 Å². The monoisotopic (exact) mass is 255 g/mol. The number of nitrogens with zero attached hydrogens (tertiary/aromatic N) is 1. The molecule has 0 amide bonds. The summed E-state index contributed by atoms with van der Waals surface area (Å²) in [6.45, 7) is 0. The number of allylic oxidation sites excluding steroid dienone is 2. The molecule has 1 aromatic carbocycles. The van der Waals surface area contributed by atoms with Gasteiger partial charge in [-0.3, -0.25) is 0 Å². The minimum absolute atomic E-state index is 0.506. The fourth-order valence-electron chi connectivity index (χ4n) is 0.953. The highest BCUT2D eigenvalue weighted by atomic mass is 79.9. The number of rotatable bonds is 2. The lowest BCUT2D eigenvalue weighted by Gasteiger charge is -1.99. The number of halogens is 2. The molecule has 0 saturated heterocycles. The Hall–Kier alpha value is -0.780. The quantitative estimate of drug-likeness (QED) is 0.586. The molecule has 0 atom stereocenters. The Kier molecular flexibility index (Phi) is 4.01. The fourth-order valence-corrected chi connectivity index (χ4v) is 1.39. The van der Waals surface area contributed by atoms with Gasteiger partial charge in [0.1, 0.15) is 6.07 Å². The van der Waals surface area contributed by atoms with E-state index < -0.39 is 0 Å². The van der Waals surface area contributed by atoms with Crippen LogP contribution in [0, 0.1) is 11.3 Å². The molecule has 0 heterocycles. The Labute approximate surface area is 90.8 Å². The van der Waals surface area contributed by atoms with Crippen LogP contribution in [-0.4, -0.2) is 5.33 Å². The van der Waals surface area contributed by atoms with Crippen molar-refractivity contribution in [2.45, 2.75) is 0 Å². The van der Waals surface area contributed by atoms with Gasteiger partial charge in [0, 0.05) is 10.4 Å².